The average Bonchev–Trinajstić information content (AvgIpc) is 3.20. The van der Waals surface area contributed by atoms with Crippen LogP contribution in [-0.4, -0.2) is 17.7 Å². The van der Waals surface area contributed by atoms with Crippen LogP contribution in [0.5, 0.6) is 5.75 Å². The number of rotatable bonds is 6. The van der Waals surface area contributed by atoms with E-state index in [1.807, 2.05) is 32.0 Å². The van der Waals surface area contributed by atoms with Gasteiger partial charge in [-0.3, -0.25) is 0 Å². The topological polar surface area (TPSA) is 74.7 Å². The van der Waals surface area contributed by atoms with Crippen molar-refractivity contribution >= 4 is 5.97 Å². The first-order chi connectivity index (χ1) is 11.6. The van der Waals surface area contributed by atoms with Gasteiger partial charge in [0.05, 0.1) is 6.26 Å². The Hall–Kier alpha value is -3.02. The minimum Gasteiger partial charge on any atom is -0.482 e. The van der Waals surface area contributed by atoms with E-state index in [-0.39, 0.29) is 13.2 Å². The minimum atomic E-state index is -0.475. The molecule has 0 atom stereocenters. The van der Waals surface area contributed by atoms with Crippen LogP contribution in [0.15, 0.2) is 51.6 Å². The van der Waals surface area contributed by atoms with Crippen molar-refractivity contribution in [1.29, 1.82) is 0 Å². The van der Waals surface area contributed by atoms with Gasteiger partial charge in [-0.25, -0.2) is 4.79 Å². The molecule has 0 aliphatic heterocycles. The van der Waals surface area contributed by atoms with Crippen molar-refractivity contribution in [2.45, 2.75) is 20.5 Å². The third kappa shape index (κ3) is 4.04. The molecule has 0 bridgehead atoms. The van der Waals surface area contributed by atoms with Gasteiger partial charge in [0.25, 0.3) is 0 Å². The molecule has 0 fully saturated rings. The Morgan fingerprint density at radius 3 is 2.62 bits per heavy atom. The molecule has 0 aliphatic carbocycles. The predicted octanol–water partition coefficient (Wildman–Crippen LogP) is 3.67. The van der Waals surface area contributed by atoms with Crippen LogP contribution in [0, 0.1) is 13.8 Å². The van der Waals surface area contributed by atoms with Gasteiger partial charge in [-0.15, -0.1) is 0 Å². The molecule has 0 spiro atoms. The fourth-order valence-corrected chi connectivity index (χ4v) is 2.27. The zero-order valence-corrected chi connectivity index (χ0v) is 13.4. The summed E-state index contributed by atoms with van der Waals surface area (Å²) in [6.07, 6.45) is 1.54. The molecule has 0 aliphatic rings. The molecule has 0 saturated heterocycles. The third-order valence-electron chi connectivity index (χ3n) is 3.26. The highest BCUT2D eigenvalue weighted by Gasteiger charge is 2.11. The molecule has 1 aromatic carbocycles. The second-order valence-corrected chi connectivity index (χ2v) is 5.43. The lowest BCUT2D eigenvalue weighted by atomic mass is 10.1. The maximum atomic E-state index is 11.8. The monoisotopic (exact) mass is 327 g/mol. The second-order valence-electron chi connectivity index (χ2n) is 5.43. The van der Waals surface area contributed by atoms with Crippen molar-refractivity contribution in [2.75, 3.05) is 6.61 Å². The molecule has 0 amide bonds. The van der Waals surface area contributed by atoms with Crippen molar-refractivity contribution in [3.8, 4) is 17.3 Å². The van der Waals surface area contributed by atoms with Gasteiger partial charge in [0.1, 0.15) is 18.1 Å². The first-order valence-electron chi connectivity index (χ1n) is 7.46. The van der Waals surface area contributed by atoms with Gasteiger partial charge in [-0.1, -0.05) is 11.2 Å². The zero-order chi connectivity index (χ0) is 16.9. The molecule has 6 nitrogen and oxygen atoms in total. The van der Waals surface area contributed by atoms with E-state index < -0.39 is 5.97 Å². The Balaban J connectivity index is 1.49. The van der Waals surface area contributed by atoms with Gasteiger partial charge in [0.15, 0.2) is 12.4 Å². The Kier molecular flexibility index (Phi) is 4.65. The molecule has 2 heterocycles. The van der Waals surface area contributed by atoms with Crippen LogP contribution in [0.2, 0.25) is 0 Å². The summed E-state index contributed by atoms with van der Waals surface area (Å²) in [5.41, 5.74) is 2.65. The predicted molar refractivity (Wildman–Crippen MR) is 85.4 cm³/mol. The zero-order valence-electron chi connectivity index (χ0n) is 13.4. The number of hydrogen-bond acceptors (Lipinski definition) is 6. The van der Waals surface area contributed by atoms with Crippen molar-refractivity contribution in [3.05, 3.63) is 59.5 Å². The largest absolute Gasteiger partial charge is 0.482 e. The van der Waals surface area contributed by atoms with E-state index in [1.54, 1.807) is 24.5 Å². The maximum Gasteiger partial charge on any atom is 0.344 e. The Bertz CT molecular complexity index is 800. The number of aromatic nitrogens is 1. The van der Waals surface area contributed by atoms with E-state index in [0.29, 0.717) is 23.0 Å². The first-order valence-corrected chi connectivity index (χ1v) is 7.46. The molecule has 0 saturated carbocycles. The molecule has 0 unspecified atom stereocenters. The quantitative estimate of drug-likeness (QED) is 0.643. The summed E-state index contributed by atoms with van der Waals surface area (Å²) in [7, 11) is 0. The third-order valence-corrected chi connectivity index (χ3v) is 3.26. The highest BCUT2D eigenvalue weighted by atomic mass is 16.6. The van der Waals surface area contributed by atoms with Crippen LogP contribution < -0.4 is 4.74 Å². The lowest BCUT2D eigenvalue weighted by molar-refractivity contribution is -0.147. The Morgan fingerprint density at radius 1 is 1.12 bits per heavy atom. The Labute approximate surface area is 139 Å². The van der Waals surface area contributed by atoms with Crippen LogP contribution in [0.1, 0.15) is 16.8 Å². The molecule has 0 radical (unpaired) electrons. The number of nitrogens with zero attached hydrogens (tertiary/aromatic N) is 1. The lowest BCUT2D eigenvalue weighted by Gasteiger charge is -2.07. The van der Waals surface area contributed by atoms with E-state index in [2.05, 4.69) is 5.16 Å². The highest BCUT2D eigenvalue weighted by Crippen LogP contribution is 2.21. The number of carbonyl (C=O) groups excluding carboxylic acids is 1. The van der Waals surface area contributed by atoms with Crippen LogP contribution in [0.25, 0.3) is 11.5 Å². The summed E-state index contributed by atoms with van der Waals surface area (Å²) in [5.74, 6) is 1.22. The summed E-state index contributed by atoms with van der Waals surface area (Å²) in [5, 5.41) is 3.83. The summed E-state index contributed by atoms with van der Waals surface area (Å²) in [4.78, 5) is 11.8. The van der Waals surface area contributed by atoms with Crippen molar-refractivity contribution < 1.29 is 23.2 Å². The van der Waals surface area contributed by atoms with Crippen LogP contribution in [0.3, 0.4) is 0 Å². The number of aryl methyl sites for hydroxylation is 2. The molecule has 24 heavy (non-hydrogen) atoms. The summed E-state index contributed by atoms with van der Waals surface area (Å²) in [6, 6.07) is 10.9. The first kappa shape index (κ1) is 15.9. The van der Waals surface area contributed by atoms with E-state index in [4.69, 9.17) is 18.4 Å². The summed E-state index contributed by atoms with van der Waals surface area (Å²) >= 11 is 0. The van der Waals surface area contributed by atoms with Gasteiger partial charge in [0.2, 0.25) is 5.76 Å². The molecule has 124 valence electrons. The maximum absolute atomic E-state index is 11.8. The molecule has 0 N–H and O–H groups in total. The molecular formula is C18H17NO5. The van der Waals surface area contributed by atoms with E-state index in [1.165, 1.54) is 0 Å². The summed E-state index contributed by atoms with van der Waals surface area (Å²) in [6.45, 7) is 3.80. The lowest BCUT2D eigenvalue weighted by Crippen LogP contribution is -2.15. The van der Waals surface area contributed by atoms with Crippen molar-refractivity contribution in [1.82, 2.24) is 5.16 Å². The van der Waals surface area contributed by atoms with Gasteiger partial charge in [-0.05, 0) is 49.2 Å². The van der Waals surface area contributed by atoms with Crippen LogP contribution in [-0.2, 0) is 16.1 Å². The number of ether oxygens (including phenoxy) is 2. The molecule has 6 heteroatoms. The number of esters is 1. The highest BCUT2D eigenvalue weighted by molar-refractivity contribution is 5.71. The van der Waals surface area contributed by atoms with Crippen molar-refractivity contribution in [3.63, 3.8) is 0 Å². The number of hydrogen-bond donors (Lipinski definition) is 0. The fourth-order valence-electron chi connectivity index (χ4n) is 2.27. The van der Waals surface area contributed by atoms with Crippen LogP contribution >= 0.6 is 0 Å². The Morgan fingerprint density at radius 2 is 1.92 bits per heavy atom. The van der Waals surface area contributed by atoms with E-state index >= 15 is 0 Å². The average molecular weight is 327 g/mol. The van der Waals surface area contributed by atoms with E-state index in [0.717, 1.165) is 11.1 Å². The normalized spacial score (nSPS) is 10.6. The van der Waals surface area contributed by atoms with Gasteiger partial charge < -0.3 is 18.4 Å². The van der Waals surface area contributed by atoms with Crippen LogP contribution in [0.4, 0.5) is 0 Å². The summed E-state index contributed by atoms with van der Waals surface area (Å²) < 4.78 is 20.9. The van der Waals surface area contributed by atoms with Gasteiger partial charge in [0, 0.05) is 6.07 Å². The molecule has 3 aromatic rings. The minimum absolute atomic E-state index is 0.0131. The fraction of sp³-hybridized carbons (Fsp3) is 0.222. The van der Waals surface area contributed by atoms with Gasteiger partial charge in [-0.2, -0.15) is 0 Å². The number of furan rings is 1. The second kappa shape index (κ2) is 7.04. The van der Waals surface area contributed by atoms with E-state index in [9.17, 15) is 4.79 Å². The molecule has 2 aromatic heterocycles. The number of benzene rings is 1. The number of carbonyl (C=O) groups is 1. The molecule has 3 rings (SSSR count). The van der Waals surface area contributed by atoms with Crippen molar-refractivity contribution in [2.24, 2.45) is 0 Å². The van der Waals surface area contributed by atoms with Gasteiger partial charge >= 0.3 is 5.97 Å². The molecular weight excluding hydrogens is 310 g/mol. The smallest absolute Gasteiger partial charge is 0.344 e. The SMILES string of the molecule is Cc1cc(C)cc(OCC(=O)OCc2cc(-c3ccco3)on2)c1. The standard InChI is InChI=1S/C18H17NO5/c1-12-6-13(2)8-15(7-12)22-11-18(20)23-10-14-9-17(24-19-14)16-4-3-5-21-16/h3-9H,10-11H2,1-2H3.